The van der Waals surface area contributed by atoms with Gasteiger partial charge in [0.05, 0.1) is 11.3 Å². The monoisotopic (exact) mass is 420 g/mol. The first-order chi connectivity index (χ1) is 14.2. The zero-order valence-electron chi connectivity index (χ0n) is 17.3. The molecule has 2 aliphatic rings. The maximum Gasteiger partial charge on any atom is 0.416 e. The van der Waals surface area contributed by atoms with Crippen molar-refractivity contribution in [1.82, 2.24) is 15.1 Å². The average Bonchev–Trinajstić information content (AvgIpc) is 2.89. The number of nitrogens with zero attached hydrogens (tertiary/aromatic N) is 4. The first-order valence-corrected chi connectivity index (χ1v) is 10.5. The molecule has 3 heterocycles. The summed E-state index contributed by atoms with van der Waals surface area (Å²) in [5.74, 6) is 0.455. The number of benzene rings is 1. The molecule has 1 aromatic heterocycles. The van der Waals surface area contributed by atoms with Crippen molar-refractivity contribution in [1.29, 1.82) is 0 Å². The molecule has 0 unspecified atom stereocenters. The largest absolute Gasteiger partial charge is 0.507 e. The van der Waals surface area contributed by atoms with E-state index in [1.807, 2.05) is 6.07 Å². The van der Waals surface area contributed by atoms with E-state index in [4.69, 9.17) is 0 Å². The van der Waals surface area contributed by atoms with Gasteiger partial charge in [0, 0.05) is 24.7 Å². The van der Waals surface area contributed by atoms with Gasteiger partial charge in [-0.2, -0.15) is 13.2 Å². The SMILES string of the molecule is Cc1cc(C(F)(F)F)cc(O)c1-c1cc2c(nn1)N([C@@H]1CCCN(C)C1)CCCC2. The predicted molar refractivity (Wildman–Crippen MR) is 110 cm³/mol. The molecule has 2 aromatic rings. The van der Waals surface area contributed by atoms with Crippen LogP contribution in [0.2, 0.25) is 0 Å². The first kappa shape index (κ1) is 20.9. The molecule has 0 saturated carbocycles. The second kappa shape index (κ2) is 8.06. The molecule has 0 aliphatic carbocycles. The highest BCUT2D eigenvalue weighted by Gasteiger charge is 2.33. The molecule has 0 spiro atoms. The van der Waals surface area contributed by atoms with E-state index in [1.165, 1.54) is 0 Å². The van der Waals surface area contributed by atoms with Crippen LogP contribution in [-0.2, 0) is 12.6 Å². The summed E-state index contributed by atoms with van der Waals surface area (Å²) in [5, 5.41) is 19.2. The maximum atomic E-state index is 13.1. The third-order valence-corrected chi connectivity index (χ3v) is 6.16. The number of anilines is 1. The zero-order chi connectivity index (χ0) is 21.5. The fourth-order valence-electron chi connectivity index (χ4n) is 4.69. The molecule has 1 N–H and O–H groups in total. The van der Waals surface area contributed by atoms with Gasteiger partial charge in [0.25, 0.3) is 0 Å². The van der Waals surface area contributed by atoms with Gasteiger partial charge < -0.3 is 14.9 Å². The van der Waals surface area contributed by atoms with Gasteiger partial charge in [-0.1, -0.05) is 0 Å². The number of fused-ring (bicyclic) bond motifs is 1. The Morgan fingerprint density at radius 2 is 1.87 bits per heavy atom. The highest BCUT2D eigenvalue weighted by molar-refractivity contribution is 5.72. The molecule has 5 nitrogen and oxygen atoms in total. The van der Waals surface area contributed by atoms with Crippen molar-refractivity contribution >= 4 is 5.82 Å². The molecule has 1 atom stereocenters. The van der Waals surface area contributed by atoms with Gasteiger partial charge in [0.15, 0.2) is 5.82 Å². The number of aromatic nitrogens is 2. The molecule has 0 bridgehead atoms. The number of aromatic hydroxyl groups is 1. The number of phenolic OH excluding ortho intramolecular Hbond substituents is 1. The Labute approximate surface area is 174 Å². The summed E-state index contributed by atoms with van der Waals surface area (Å²) in [6.45, 7) is 4.59. The molecule has 2 aliphatic heterocycles. The normalized spacial score (nSPS) is 20.7. The van der Waals surface area contributed by atoms with Gasteiger partial charge in [-0.15, -0.1) is 10.2 Å². The number of alkyl halides is 3. The van der Waals surface area contributed by atoms with E-state index in [-0.39, 0.29) is 0 Å². The standard InChI is InChI=1S/C22H27F3N4O/c1-14-10-16(22(23,24)25)12-19(30)20(14)18-11-15-6-3-4-9-29(21(15)27-26-18)17-7-5-8-28(2)13-17/h10-12,17,30H,3-9,13H2,1-2H3/t17-/m1/s1. The van der Waals surface area contributed by atoms with Crippen molar-refractivity contribution in [3.63, 3.8) is 0 Å². The van der Waals surface area contributed by atoms with Crippen LogP contribution in [0.15, 0.2) is 18.2 Å². The summed E-state index contributed by atoms with van der Waals surface area (Å²) in [7, 11) is 2.13. The minimum atomic E-state index is -4.51. The van der Waals surface area contributed by atoms with Crippen molar-refractivity contribution < 1.29 is 18.3 Å². The van der Waals surface area contributed by atoms with Gasteiger partial charge in [-0.05, 0) is 81.9 Å². The molecule has 30 heavy (non-hydrogen) atoms. The average molecular weight is 420 g/mol. The molecule has 0 radical (unpaired) electrons. The summed E-state index contributed by atoms with van der Waals surface area (Å²) in [6, 6.07) is 4.09. The second-order valence-electron chi connectivity index (χ2n) is 8.47. The van der Waals surface area contributed by atoms with E-state index in [2.05, 4.69) is 27.0 Å². The second-order valence-corrected chi connectivity index (χ2v) is 8.47. The smallest absolute Gasteiger partial charge is 0.416 e. The van der Waals surface area contributed by atoms with Crippen LogP contribution in [0, 0.1) is 6.92 Å². The molecular formula is C22H27F3N4O. The van der Waals surface area contributed by atoms with Crippen molar-refractivity contribution in [3.05, 3.63) is 34.9 Å². The van der Waals surface area contributed by atoms with Crippen molar-refractivity contribution in [2.45, 2.75) is 51.2 Å². The van der Waals surface area contributed by atoms with E-state index in [0.717, 1.165) is 75.3 Å². The van der Waals surface area contributed by atoms with Crippen molar-refractivity contribution in [2.24, 2.45) is 0 Å². The van der Waals surface area contributed by atoms with E-state index >= 15 is 0 Å². The van der Waals surface area contributed by atoms with Gasteiger partial charge in [0.2, 0.25) is 0 Å². The number of halogens is 3. The van der Waals surface area contributed by atoms with Crippen LogP contribution < -0.4 is 4.90 Å². The topological polar surface area (TPSA) is 52.5 Å². The minimum absolute atomic E-state index is 0.312. The van der Waals surface area contributed by atoms with Crippen molar-refractivity contribution in [2.75, 3.05) is 31.6 Å². The van der Waals surface area contributed by atoms with Gasteiger partial charge in [-0.3, -0.25) is 0 Å². The van der Waals surface area contributed by atoms with Crippen LogP contribution in [-0.4, -0.2) is 52.9 Å². The summed E-state index contributed by atoms with van der Waals surface area (Å²) < 4.78 is 39.2. The van der Waals surface area contributed by atoms with Crippen LogP contribution in [0.25, 0.3) is 11.3 Å². The molecule has 162 valence electrons. The zero-order valence-corrected chi connectivity index (χ0v) is 17.3. The minimum Gasteiger partial charge on any atom is -0.507 e. The summed E-state index contributed by atoms with van der Waals surface area (Å²) in [6.07, 6.45) is 0.694. The summed E-state index contributed by atoms with van der Waals surface area (Å²) in [5.41, 5.74) is 1.24. The highest BCUT2D eigenvalue weighted by atomic mass is 19.4. The summed E-state index contributed by atoms with van der Waals surface area (Å²) in [4.78, 5) is 4.69. The molecule has 0 amide bonds. The molecule has 4 rings (SSSR count). The Morgan fingerprint density at radius 3 is 2.57 bits per heavy atom. The number of likely N-dealkylation sites (N-methyl/N-ethyl adjacent to an activating group) is 1. The van der Waals surface area contributed by atoms with Gasteiger partial charge in [-0.25, -0.2) is 0 Å². The lowest BCUT2D eigenvalue weighted by atomic mass is 9.99. The fraction of sp³-hybridized carbons (Fsp3) is 0.545. The lowest BCUT2D eigenvalue weighted by Gasteiger charge is -2.38. The number of hydrogen-bond acceptors (Lipinski definition) is 5. The van der Waals surface area contributed by atoms with Gasteiger partial charge >= 0.3 is 6.18 Å². The third kappa shape index (κ3) is 4.10. The molecule has 1 fully saturated rings. The number of aryl methyl sites for hydroxylation is 2. The van der Waals surface area contributed by atoms with Crippen LogP contribution in [0.5, 0.6) is 5.75 Å². The lowest BCUT2D eigenvalue weighted by molar-refractivity contribution is -0.137. The van der Waals surface area contributed by atoms with E-state index in [1.54, 1.807) is 6.92 Å². The number of piperidine rings is 1. The Hall–Kier alpha value is -2.35. The highest BCUT2D eigenvalue weighted by Crippen LogP contribution is 2.39. The van der Waals surface area contributed by atoms with Crippen molar-refractivity contribution in [3.8, 4) is 17.0 Å². The van der Waals surface area contributed by atoms with Crippen LogP contribution >= 0.6 is 0 Å². The Balaban J connectivity index is 1.71. The molecule has 8 heteroatoms. The maximum absolute atomic E-state index is 13.1. The van der Waals surface area contributed by atoms with E-state index < -0.39 is 17.5 Å². The Morgan fingerprint density at radius 1 is 1.07 bits per heavy atom. The Bertz CT molecular complexity index is 908. The first-order valence-electron chi connectivity index (χ1n) is 10.5. The van der Waals surface area contributed by atoms with E-state index in [0.29, 0.717) is 22.9 Å². The number of hydrogen-bond donors (Lipinski definition) is 1. The number of likely N-dealkylation sites (tertiary alicyclic amines) is 1. The fourth-order valence-corrected chi connectivity index (χ4v) is 4.69. The Kier molecular flexibility index (Phi) is 5.61. The number of rotatable bonds is 2. The number of phenols is 1. The predicted octanol–water partition coefficient (Wildman–Crippen LogP) is 4.41. The van der Waals surface area contributed by atoms with E-state index in [9.17, 15) is 18.3 Å². The molecule has 1 saturated heterocycles. The summed E-state index contributed by atoms with van der Waals surface area (Å²) >= 11 is 0. The molecule has 1 aromatic carbocycles. The quantitative estimate of drug-likeness (QED) is 0.780. The molecular weight excluding hydrogens is 393 g/mol. The third-order valence-electron chi connectivity index (χ3n) is 6.16. The lowest BCUT2D eigenvalue weighted by Crippen LogP contribution is -2.47. The van der Waals surface area contributed by atoms with Crippen LogP contribution in [0.1, 0.15) is 42.4 Å². The van der Waals surface area contributed by atoms with Crippen LogP contribution in [0.4, 0.5) is 19.0 Å². The van der Waals surface area contributed by atoms with Crippen LogP contribution in [0.3, 0.4) is 0 Å². The van der Waals surface area contributed by atoms with Gasteiger partial charge in [0.1, 0.15) is 5.75 Å².